The van der Waals surface area contributed by atoms with Crippen LogP contribution in [0.4, 0.5) is 0 Å². The molecule has 0 aliphatic heterocycles. The van der Waals surface area contributed by atoms with Crippen LogP contribution in [0.15, 0.2) is 30.3 Å². The molecule has 1 saturated carbocycles. The molecular formula is C25H45N5O6. The van der Waals surface area contributed by atoms with Gasteiger partial charge in [-0.25, -0.2) is 0 Å². The van der Waals surface area contributed by atoms with E-state index in [1.807, 2.05) is 18.2 Å². The molecule has 1 amide bonds. The summed E-state index contributed by atoms with van der Waals surface area (Å²) in [4.78, 5) is 11.9. The van der Waals surface area contributed by atoms with Crippen molar-refractivity contribution in [1.82, 2.24) is 26.6 Å². The summed E-state index contributed by atoms with van der Waals surface area (Å²) >= 11 is 0. The summed E-state index contributed by atoms with van der Waals surface area (Å²) in [5.41, 5.74) is 1.23. The molecule has 1 aliphatic rings. The molecule has 1 unspecified atom stereocenters. The summed E-state index contributed by atoms with van der Waals surface area (Å²) in [6, 6.07) is 10.3. The fourth-order valence-corrected chi connectivity index (χ4v) is 3.34. The zero-order valence-corrected chi connectivity index (χ0v) is 21.5. The first-order chi connectivity index (χ1) is 17.7. The Balaban J connectivity index is 1.50. The number of benzene rings is 1. The topological polar surface area (TPSA) is 134 Å². The molecule has 11 heteroatoms. The molecule has 36 heavy (non-hydrogen) atoms. The van der Waals surface area contributed by atoms with Crippen molar-refractivity contribution in [2.45, 2.75) is 38.5 Å². The minimum absolute atomic E-state index is 0.00134. The van der Waals surface area contributed by atoms with Gasteiger partial charge in [-0.2, -0.15) is 0 Å². The highest BCUT2D eigenvalue weighted by molar-refractivity contribution is 5.77. The molecule has 0 radical (unpaired) electrons. The maximum absolute atomic E-state index is 11.9. The lowest BCUT2D eigenvalue weighted by Gasteiger charge is -2.22. The number of rotatable bonds is 24. The van der Waals surface area contributed by atoms with Gasteiger partial charge in [0.05, 0.1) is 65.3 Å². The van der Waals surface area contributed by atoms with Crippen LogP contribution in [-0.4, -0.2) is 96.3 Å². The van der Waals surface area contributed by atoms with Crippen LogP contribution < -0.4 is 26.6 Å². The minimum atomic E-state index is -0.197. The molecule has 206 valence electrons. The van der Waals surface area contributed by atoms with Crippen molar-refractivity contribution in [1.29, 1.82) is 0 Å². The third kappa shape index (κ3) is 16.1. The normalized spacial score (nSPS) is 15.1. The maximum atomic E-state index is 11.9. The van der Waals surface area contributed by atoms with Crippen molar-refractivity contribution in [2.24, 2.45) is 5.92 Å². The molecule has 2 rings (SSSR count). The molecule has 0 heterocycles. The minimum Gasteiger partial charge on any atom is -0.394 e. The van der Waals surface area contributed by atoms with Gasteiger partial charge in [0, 0.05) is 19.8 Å². The number of aliphatic hydroxyl groups excluding tert-OH is 1. The first-order valence-corrected chi connectivity index (χ1v) is 12.8. The average Bonchev–Trinajstić information content (AvgIpc) is 3.73. The van der Waals surface area contributed by atoms with E-state index in [2.05, 4.69) is 45.6 Å². The van der Waals surface area contributed by atoms with Crippen LogP contribution in [0.1, 0.15) is 25.3 Å². The summed E-state index contributed by atoms with van der Waals surface area (Å²) in [7, 11) is 0. The number of carbonyl (C=O) groups excluding carboxylic acids is 1. The number of nitrogens with one attached hydrogen (secondary N) is 5. The highest BCUT2D eigenvalue weighted by atomic mass is 16.5. The molecule has 0 saturated heterocycles. The summed E-state index contributed by atoms with van der Waals surface area (Å²) < 4.78 is 21.5. The Bertz CT molecular complexity index is 668. The first kappa shape index (κ1) is 30.6. The second-order valence-electron chi connectivity index (χ2n) is 8.64. The quantitative estimate of drug-likeness (QED) is 0.0813. The number of carbonyl (C=O) groups is 1. The van der Waals surface area contributed by atoms with E-state index in [1.165, 1.54) is 18.4 Å². The molecule has 0 aromatic heterocycles. The van der Waals surface area contributed by atoms with Gasteiger partial charge in [-0.15, -0.1) is 0 Å². The van der Waals surface area contributed by atoms with E-state index in [0.717, 1.165) is 12.3 Å². The Morgan fingerprint density at radius 3 is 2.31 bits per heavy atom. The third-order valence-corrected chi connectivity index (χ3v) is 5.59. The van der Waals surface area contributed by atoms with Crippen molar-refractivity contribution in [3.05, 3.63) is 35.9 Å². The van der Waals surface area contributed by atoms with Crippen molar-refractivity contribution < 1.29 is 28.8 Å². The van der Waals surface area contributed by atoms with Crippen LogP contribution >= 0.6 is 0 Å². The molecule has 1 fully saturated rings. The second kappa shape index (κ2) is 20.4. The standard InChI is InChI=1S/C25H45N5O6/c1-21(23-7-8-23)36-20-27-19-29-24(15-22-5-3-2-4-6-22)28-17-26-18-30-25(32)16-35-14-13-34-12-11-33-10-9-31/h2-6,21,23-24,26-29,31H,7-20H2,1H3,(H,30,32)/t21?,24-/m1/s1. The van der Waals surface area contributed by atoms with Crippen LogP contribution in [0.2, 0.25) is 0 Å². The Kier molecular flexibility index (Phi) is 17.3. The Hall–Kier alpha value is -1.67. The number of hydrogen-bond donors (Lipinski definition) is 6. The van der Waals surface area contributed by atoms with Gasteiger partial charge < -0.3 is 29.4 Å². The molecule has 0 spiro atoms. The maximum Gasteiger partial charge on any atom is 0.246 e. The number of amides is 1. The van der Waals surface area contributed by atoms with Crippen molar-refractivity contribution in [3.63, 3.8) is 0 Å². The monoisotopic (exact) mass is 511 g/mol. The highest BCUT2D eigenvalue weighted by Crippen LogP contribution is 2.33. The van der Waals surface area contributed by atoms with Crippen molar-refractivity contribution >= 4 is 5.91 Å². The summed E-state index contributed by atoms with van der Waals surface area (Å²) in [6.45, 7) is 5.98. The fraction of sp³-hybridized carbons (Fsp3) is 0.720. The van der Waals surface area contributed by atoms with E-state index >= 15 is 0 Å². The summed E-state index contributed by atoms with van der Waals surface area (Å²) in [5.74, 6) is 0.533. The summed E-state index contributed by atoms with van der Waals surface area (Å²) in [6.07, 6.45) is 3.74. The van der Waals surface area contributed by atoms with Crippen molar-refractivity contribution in [2.75, 3.05) is 73.0 Å². The predicted molar refractivity (Wildman–Crippen MR) is 137 cm³/mol. The van der Waals surface area contributed by atoms with Crippen LogP contribution in [0, 0.1) is 5.92 Å². The van der Waals surface area contributed by atoms with Gasteiger partial charge in [0.2, 0.25) is 5.91 Å². The van der Waals surface area contributed by atoms with Gasteiger partial charge in [0.1, 0.15) is 6.61 Å². The van der Waals surface area contributed by atoms with E-state index in [0.29, 0.717) is 65.9 Å². The van der Waals surface area contributed by atoms with E-state index in [-0.39, 0.29) is 25.3 Å². The average molecular weight is 512 g/mol. The molecule has 1 aliphatic carbocycles. The molecule has 1 aromatic carbocycles. The first-order valence-electron chi connectivity index (χ1n) is 12.8. The van der Waals surface area contributed by atoms with Gasteiger partial charge in [-0.1, -0.05) is 30.3 Å². The van der Waals surface area contributed by atoms with Gasteiger partial charge >= 0.3 is 0 Å². The van der Waals surface area contributed by atoms with Crippen LogP contribution in [0.5, 0.6) is 0 Å². The van der Waals surface area contributed by atoms with Crippen LogP contribution in [0.25, 0.3) is 0 Å². The molecule has 0 bridgehead atoms. The Morgan fingerprint density at radius 2 is 1.61 bits per heavy atom. The van der Waals surface area contributed by atoms with Crippen LogP contribution in [0.3, 0.4) is 0 Å². The zero-order chi connectivity index (χ0) is 25.7. The van der Waals surface area contributed by atoms with Gasteiger partial charge in [-0.05, 0) is 31.2 Å². The fourth-order valence-electron chi connectivity index (χ4n) is 3.34. The third-order valence-electron chi connectivity index (χ3n) is 5.59. The number of hydrogen-bond acceptors (Lipinski definition) is 10. The largest absolute Gasteiger partial charge is 0.394 e. The van der Waals surface area contributed by atoms with E-state index < -0.39 is 0 Å². The van der Waals surface area contributed by atoms with Gasteiger partial charge in [0.25, 0.3) is 0 Å². The smallest absolute Gasteiger partial charge is 0.246 e. The van der Waals surface area contributed by atoms with Gasteiger partial charge in [0.15, 0.2) is 0 Å². The molecule has 11 nitrogen and oxygen atoms in total. The molecule has 6 N–H and O–H groups in total. The van der Waals surface area contributed by atoms with Gasteiger partial charge in [-0.3, -0.25) is 26.1 Å². The van der Waals surface area contributed by atoms with Crippen LogP contribution in [-0.2, 0) is 30.2 Å². The predicted octanol–water partition coefficient (Wildman–Crippen LogP) is -0.283. The lowest BCUT2D eigenvalue weighted by Crippen LogP contribution is -2.51. The molecular weight excluding hydrogens is 466 g/mol. The number of aliphatic hydroxyl groups is 1. The van der Waals surface area contributed by atoms with E-state index in [1.54, 1.807) is 0 Å². The zero-order valence-electron chi connectivity index (χ0n) is 21.5. The SMILES string of the molecule is CC(OCNCN[C@H](Cc1ccccc1)NCNCNC(=O)COCCOCCOCCO)C1CC1. The second-order valence-corrected chi connectivity index (χ2v) is 8.64. The van der Waals surface area contributed by atoms with Crippen molar-refractivity contribution in [3.8, 4) is 0 Å². The molecule has 2 atom stereocenters. The lowest BCUT2D eigenvalue weighted by molar-refractivity contribution is -0.126. The Morgan fingerprint density at radius 1 is 0.944 bits per heavy atom. The Labute approximate surface area is 215 Å². The highest BCUT2D eigenvalue weighted by Gasteiger charge is 2.28. The summed E-state index contributed by atoms with van der Waals surface area (Å²) in [5, 5.41) is 24.7. The molecule has 1 aromatic rings. The van der Waals surface area contributed by atoms with E-state index in [9.17, 15) is 4.79 Å². The lowest BCUT2D eigenvalue weighted by atomic mass is 10.1. The number of ether oxygens (including phenoxy) is 4. The van der Waals surface area contributed by atoms with E-state index in [4.69, 9.17) is 24.1 Å².